The van der Waals surface area contributed by atoms with Crippen LogP contribution in [0.1, 0.15) is 43.7 Å². The molecule has 362 valence electrons. The molecule has 0 unspecified atom stereocenters. The zero-order valence-corrected chi connectivity index (χ0v) is 52.4. The van der Waals surface area contributed by atoms with Crippen LogP contribution in [-0.4, -0.2) is 44.0 Å². The summed E-state index contributed by atoms with van der Waals surface area (Å²) in [4.78, 5) is 39.6. The molecule has 0 aromatic heterocycles. The number of rotatable bonds is 11. The number of fused-ring (bicyclic) bond motifs is 2. The topological polar surface area (TPSA) is 273 Å². The minimum absolute atomic E-state index is 0. The number of hydrogen-bond donors (Lipinski definition) is 7. The van der Waals surface area contributed by atoms with Gasteiger partial charge in [0.1, 0.15) is 25.7 Å². The third kappa shape index (κ3) is 14.2. The molecule has 1 heterocycles. The molecular formula is C52H43N6Na4O11S2+. The molecule has 0 bridgehead atoms. The first-order valence-corrected chi connectivity index (χ1v) is 24.4. The van der Waals surface area contributed by atoms with Crippen LogP contribution >= 0.6 is 0 Å². The van der Waals surface area contributed by atoms with Gasteiger partial charge in [-0.15, -0.1) is 12.1 Å². The minimum atomic E-state index is -5.32. The van der Waals surface area contributed by atoms with Crippen molar-refractivity contribution < 1.29 is 173 Å². The molecule has 1 aliphatic carbocycles. The van der Waals surface area contributed by atoms with Crippen molar-refractivity contribution in [3.63, 3.8) is 0 Å². The Morgan fingerprint density at radius 2 is 1.25 bits per heavy atom. The number of amides is 4. The predicted molar refractivity (Wildman–Crippen MR) is 265 cm³/mol. The fourth-order valence-electron chi connectivity index (χ4n) is 8.58. The van der Waals surface area contributed by atoms with Gasteiger partial charge in [0.15, 0.2) is 0 Å². The van der Waals surface area contributed by atoms with Crippen molar-refractivity contribution in [2.24, 2.45) is 0 Å². The van der Waals surface area contributed by atoms with Gasteiger partial charge in [0.05, 0.1) is 23.4 Å². The molecule has 0 fully saturated rings. The van der Waals surface area contributed by atoms with Crippen LogP contribution in [0.15, 0.2) is 123 Å². The van der Waals surface area contributed by atoms with Crippen LogP contribution in [0.5, 0.6) is 0 Å². The van der Waals surface area contributed by atoms with Crippen LogP contribution < -0.4 is 160 Å². The maximum Gasteiger partial charge on any atom is 1.00 e. The molecule has 6 aromatic carbocycles. The molecule has 0 spiro atoms. The van der Waals surface area contributed by atoms with Gasteiger partial charge in [0.25, 0.3) is 10.1 Å². The molecule has 17 nitrogen and oxygen atoms in total. The second-order valence-electron chi connectivity index (χ2n) is 16.7. The van der Waals surface area contributed by atoms with E-state index in [-0.39, 0.29) is 168 Å². The zero-order valence-electron chi connectivity index (χ0n) is 42.7. The van der Waals surface area contributed by atoms with Crippen molar-refractivity contribution in [1.29, 1.82) is 0 Å². The zero-order chi connectivity index (χ0) is 51.1. The molecule has 0 saturated heterocycles. The summed E-state index contributed by atoms with van der Waals surface area (Å²) in [6, 6.07) is 31.8. The number of urea groups is 2. The smallest absolute Gasteiger partial charge is 0.744 e. The monoisotopic (exact) mass is 1080 g/mol. The number of nitrogens with one attached hydrogen (secondary N) is 6. The largest absolute Gasteiger partial charge is 1.00 e. The van der Waals surface area contributed by atoms with Gasteiger partial charge in [-0.25, -0.2) is 23.0 Å². The number of carboxylic acids is 1. The number of carbonyl (C=O) groups excluding carboxylic acids is 3. The van der Waals surface area contributed by atoms with E-state index in [4.69, 9.17) is 4.42 Å². The van der Waals surface area contributed by atoms with Gasteiger partial charge in [-0.2, -0.15) is 44.8 Å². The Labute approximate surface area is 521 Å². The summed E-state index contributed by atoms with van der Waals surface area (Å²) >= 11 is 0. The third-order valence-corrected chi connectivity index (χ3v) is 13.5. The molecule has 1 aliphatic heterocycles. The SMILES string of the molecule is Cc1cc(C)c(Nc2[c-]cc3c(-c4ccccc4S(=O)(=O)O)c4cc(S(=O)(=O)[O-])c(=[NH+]c5c(C)cc(C)c(NC(=O)Nc6cccc(C(=O)[O-])c6)c5C)cc-4oc3c2)c(C)c1NC(=O)Nc1c[c-]ccc1.[Na+].[Na+].[Na+].[Na+]. The standard InChI is InChI=1S/C52H44N6O11S2.4Na/c1-27-21-29(3)48(57-51(61)54-34-14-8-7-9-15-34)31(5)46(27)53-36-19-20-37-41(24-36)69-42-26-40(44(71(66,67)68)25-39(42)45(37)38-17-10-11-18-43(38)70(63,64)65)56-47-28(2)22-30(4)49(32(47)6)58-52(62)55-35-16-12-13-33(23-35)50(59)60;;;;/h7-8,10-18,20-26,53H,1-6H3,(H,59,60)(H2,54,57,61)(H2,55,58,62)(H,63,64,65)(H,66,67,68);;;;/q-2;4*+1/p-1. The van der Waals surface area contributed by atoms with E-state index in [2.05, 4.69) is 43.7 Å². The van der Waals surface area contributed by atoms with Crippen LogP contribution in [0.25, 0.3) is 33.4 Å². The summed E-state index contributed by atoms with van der Waals surface area (Å²) < 4.78 is 82.5. The number of anilines is 6. The van der Waals surface area contributed by atoms with Gasteiger partial charge < -0.3 is 45.5 Å². The van der Waals surface area contributed by atoms with Gasteiger partial charge in [-0.1, -0.05) is 58.7 Å². The average Bonchev–Trinajstić information content (AvgIpc) is 3.30. The first-order chi connectivity index (χ1) is 33.6. The third-order valence-electron chi connectivity index (χ3n) is 11.7. The molecule has 7 N–H and O–H groups in total. The molecular weight excluding hydrogens is 1040 g/mol. The van der Waals surface area contributed by atoms with Crippen LogP contribution in [0, 0.1) is 53.7 Å². The summed E-state index contributed by atoms with van der Waals surface area (Å²) in [5.41, 5.74) is 6.86. The van der Waals surface area contributed by atoms with Crippen molar-refractivity contribution in [1.82, 2.24) is 0 Å². The van der Waals surface area contributed by atoms with Gasteiger partial charge in [0, 0.05) is 33.6 Å². The Hall–Kier alpha value is -4.36. The summed E-state index contributed by atoms with van der Waals surface area (Å²) in [5, 5.41) is 25.9. The predicted octanol–water partition coefficient (Wildman–Crippen LogP) is -4.47. The summed E-state index contributed by atoms with van der Waals surface area (Å²) in [5.74, 6) is -1.44. The Kier molecular flexibility index (Phi) is 21.8. The minimum Gasteiger partial charge on any atom is -0.744 e. The van der Waals surface area contributed by atoms with E-state index in [0.29, 0.717) is 56.4 Å². The summed E-state index contributed by atoms with van der Waals surface area (Å²) in [7, 11) is -10.2. The Balaban J connectivity index is 0.00000304. The van der Waals surface area contributed by atoms with Gasteiger partial charge >= 0.3 is 130 Å². The van der Waals surface area contributed by atoms with Gasteiger partial charge in [-0.3, -0.25) is 4.55 Å². The molecule has 8 rings (SSSR count). The van der Waals surface area contributed by atoms with E-state index in [1.54, 1.807) is 57.2 Å². The van der Waals surface area contributed by atoms with Crippen LogP contribution in [-0.2, 0) is 20.2 Å². The second-order valence-corrected chi connectivity index (χ2v) is 19.4. The number of carbonyl (C=O) groups is 3. The van der Waals surface area contributed by atoms with Crippen molar-refractivity contribution >= 4 is 89.0 Å². The maximum atomic E-state index is 13.3. The average molecular weight is 1080 g/mol. The molecule has 0 atom stereocenters. The number of benzene rings is 7. The Morgan fingerprint density at radius 1 is 0.640 bits per heavy atom. The van der Waals surface area contributed by atoms with E-state index in [1.807, 2.05) is 26.8 Å². The fraction of sp³-hybridized carbons (Fsp3) is 0.115. The quantitative estimate of drug-likeness (QED) is 0.0280. The Morgan fingerprint density at radius 3 is 1.88 bits per heavy atom. The first-order valence-electron chi connectivity index (χ1n) is 21.6. The van der Waals surface area contributed by atoms with Gasteiger partial charge in [0.2, 0.25) is 11.0 Å². The summed E-state index contributed by atoms with van der Waals surface area (Å²) in [6.07, 6.45) is 0. The molecule has 2 aliphatic rings. The van der Waals surface area contributed by atoms with Gasteiger partial charge in [-0.05, 0) is 105 Å². The van der Waals surface area contributed by atoms with Crippen LogP contribution in [0.4, 0.5) is 49.4 Å². The molecule has 0 saturated carbocycles. The Bertz CT molecular complexity index is 3800. The van der Waals surface area contributed by atoms with E-state index in [0.717, 1.165) is 17.2 Å². The normalized spacial score (nSPS) is 11.3. The van der Waals surface area contributed by atoms with Crippen molar-refractivity contribution in [3.05, 3.63) is 166 Å². The number of hydrogen-bond acceptors (Lipinski definition) is 11. The first kappa shape index (κ1) is 63.2. The number of aromatic carboxylic acids is 1. The van der Waals surface area contributed by atoms with E-state index in [9.17, 15) is 45.4 Å². The second kappa shape index (κ2) is 25.9. The summed E-state index contributed by atoms with van der Waals surface area (Å²) in [6.45, 7) is 10.7. The van der Waals surface area contributed by atoms with Crippen molar-refractivity contribution in [2.45, 2.75) is 51.3 Å². The number of aryl methyl sites for hydroxylation is 4. The number of carboxylic acid groups (broad SMARTS) is 1. The molecule has 0 radical (unpaired) electrons. The molecule has 23 heteroatoms. The van der Waals surface area contributed by atoms with Crippen molar-refractivity contribution in [3.8, 4) is 22.5 Å². The van der Waals surface area contributed by atoms with E-state index >= 15 is 0 Å². The van der Waals surface area contributed by atoms with Crippen LogP contribution in [0.2, 0.25) is 0 Å². The van der Waals surface area contributed by atoms with Crippen LogP contribution in [0.3, 0.4) is 0 Å². The molecule has 4 amide bonds. The van der Waals surface area contributed by atoms with E-state index < -0.39 is 48.1 Å². The molecule has 75 heavy (non-hydrogen) atoms. The van der Waals surface area contributed by atoms with Crippen molar-refractivity contribution in [2.75, 3.05) is 26.6 Å². The molecule has 6 aromatic rings. The fourth-order valence-corrected chi connectivity index (χ4v) is 9.92. The van der Waals surface area contributed by atoms with E-state index in [1.165, 1.54) is 60.7 Å². The maximum absolute atomic E-state index is 13.3.